The highest BCUT2D eigenvalue weighted by atomic mass is 35.5. The predicted molar refractivity (Wildman–Crippen MR) is 164 cm³/mol. The van der Waals surface area contributed by atoms with Crippen LogP contribution >= 0.6 is 23.4 Å². The molecule has 44 heavy (non-hydrogen) atoms. The minimum atomic E-state index is -0.658. The molecule has 1 heterocycles. The van der Waals surface area contributed by atoms with Crippen LogP contribution in [-0.4, -0.2) is 52.6 Å². The highest BCUT2D eigenvalue weighted by molar-refractivity contribution is 8.18. The van der Waals surface area contributed by atoms with Gasteiger partial charge in [0.2, 0.25) is 5.91 Å². The number of nitrogens with zero attached hydrogens (tertiary/aromatic N) is 2. The summed E-state index contributed by atoms with van der Waals surface area (Å²) in [4.78, 5) is 61.9. The van der Waals surface area contributed by atoms with Crippen LogP contribution in [0.4, 0.5) is 16.2 Å². The highest BCUT2D eigenvalue weighted by Crippen LogP contribution is 2.35. The van der Waals surface area contributed by atoms with Crippen LogP contribution < -0.4 is 14.8 Å². The zero-order valence-electron chi connectivity index (χ0n) is 23.5. The van der Waals surface area contributed by atoms with Gasteiger partial charge in [0.15, 0.2) is 11.5 Å². The summed E-state index contributed by atoms with van der Waals surface area (Å²) in [7, 11) is 0. The minimum absolute atomic E-state index is 0.0500. The third-order valence-corrected chi connectivity index (χ3v) is 7.24. The van der Waals surface area contributed by atoms with E-state index in [1.807, 2.05) is 0 Å². The Bertz CT molecular complexity index is 1660. The van der Waals surface area contributed by atoms with Crippen molar-refractivity contribution in [2.24, 2.45) is 0 Å². The lowest BCUT2D eigenvalue weighted by atomic mass is 10.1. The van der Waals surface area contributed by atoms with Crippen LogP contribution in [0.15, 0.2) is 65.6 Å². The van der Waals surface area contributed by atoms with Gasteiger partial charge in [-0.15, -0.1) is 0 Å². The Kier molecular flexibility index (Phi) is 10.6. The van der Waals surface area contributed by atoms with Crippen molar-refractivity contribution >= 4 is 63.8 Å². The monoisotopic (exact) mass is 639 g/mol. The van der Waals surface area contributed by atoms with Gasteiger partial charge in [-0.1, -0.05) is 29.8 Å². The molecule has 0 bridgehead atoms. The Labute approximate surface area is 261 Å². The predicted octanol–water partition coefficient (Wildman–Crippen LogP) is 6.08. The summed E-state index contributed by atoms with van der Waals surface area (Å²) in [6, 6.07) is 15.2. The number of hydrogen-bond donors (Lipinski definition) is 1. The quantitative estimate of drug-likeness (QED) is 0.107. The fourth-order valence-corrected chi connectivity index (χ4v) is 5.06. The van der Waals surface area contributed by atoms with Crippen molar-refractivity contribution in [1.82, 2.24) is 4.90 Å². The van der Waals surface area contributed by atoms with Gasteiger partial charge in [0.1, 0.15) is 13.2 Å². The van der Waals surface area contributed by atoms with Gasteiger partial charge in [0.05, 0.1) is 33.6 Å². The summed E-state index contributed by atoms with van der Waals surface area (Å²) in [5.41, 5.74) is 1.39. The first-order valence-corrected chi connectivity index (χ1v) is 14.4. The Morgan fingerprint density at radius 3 is 2.55 bits per heavy atom. The van der Waals surface area contributed by atoms with Crippen LogP contribution in [0.1, 0.15) is 35.3 Å². The van der Waals surface area contributed by atoms with Crippen LogP contribution in [-0.2, 0) is 20.9 Å². The maximum absolute atomic E-state index is 13.0. The largest absolute Gasteiger partial charge is 0.490 e. The van der Waals surface area contributed by atoms with Crippen molar-refractivity contribution in [3.8, 4) is 11.5 Å². The van der Waals surface area contributed by atoms with Crippen LogP contribution in [0.2, 0.25) is 5.02 Å². The molecule has 3 aromatic rings. The van der Waals surface area contributed by atoms with Crippen molar-refractivity contribution in [3.05, 3.63) is 97.4 Å². The number of nitro benzene ring substituents is 1. The molecule has 0 saturated carbocycles. The number of hydrogen-bond acceptors (Lipinski definition) is 10. The van der Waals surface area contributed by atoms with Gasteiger partial charge in [-0.2, -0.15) is 0 Å². The lowest BCUT2D eigenvalue weighted by Crippen LogP contribution is -2.36. The minimum Gasteiger partial charge on any atom is -0.490 e. The fourth-order valence-electron chi connectivity index (χ4n) is 4.02. The summed E-state index contributed by atoms with van der Waals surface area (Å²) in [5, 5.41) is 13.1. The number of esters is 1. The fraction of sp³-hybridized carbons (Fsp3) is 0.200. The molecule has 14 heteroatoms. The first-order valence-electron chi connectivity index (χ1n) is 13.2. The molecule has 0 aromatic heterocycles. The summed E-state index contributed by atoms with van der Waals surface area (Å²) < 4.78 is 16.5. The van der Waals surface area contributed by atoms with E-state index in [0.717, 1.165) is 4.90 Å². The van der Waals surface area contributed by atoms with Crippen LogP contribution in [0, 0.1) is 10.1 Å². The number of non-ortho nitro benzene ring substituents is 1. The number of imide groups is 1. The Balaban J connectivity index is 1.43. The molecular weight excluding hydrogens is 614 g/mol. The van der Waals surface area contributed by atoms with Crippen molar-refractivity contribution in [2.75, 3.05) is 25.1 Å². The van der Waals surface area contributed by atoms with E-state index >= 15 is 0 Å². The number of thioether (sulfide) groups is 1. The maximum Gasteiger partial charge on any atom is 0.339 e. The standard InChI is InChI=1S/C30H26ClN3O9S/c1-3-41-25-13-18(8-11-24(25)43-17-19-6-5-7-21(12-19)34(39)40)14-26-28(36)33(30(38)44-26)16-27(35)32-20-9-10-23(31)22(15-20)29(37)42-4-2/h5-15H,3-4,16-17H2,1-2H3,(H,32,35)/b26-14+. The third kappa shape index (κ3) is 7.94. The second-order valence-electron chi connectivity index (χ2n) is 9.09. The Hall–Kier alpha value is -4.88. The van der Waals surface area contributed by atoms with Gasteiger partial charge in [0, 0.05) is 17.8 Å². The van der Waals surface area contributed by atoms with E-state index in [2.05, 4.69) is 5.32 Å². The third-order valence-electron chi connectivity index (χ3n) is 6.00. The SMILES string of the molecule is CCOC(=O)c1cc(NC(=O)CN2C(=O)S/C(=C/c3ccc(OCc4cccc([N+](=O)[O-])c4)c(OCC)c3)C2=O)ccc1Cl. The zero-order valence-corrected chi connectivity index (χ0v) is 25.1. The molecule has 1 saturated heterocycles. The van der Waals surface area contributed by atoms with E-state index in [0.29, 0.717) is 41.0 Å². The topological polar surface area (TPSA) is 154 Å². The summed E-state index contributed by atoms with van der Waals surface area (Å²) >= 11 is 6.74. The molecule has 3 amide bonds. The normalized spacial score (nSPS) is 13.6. The number of ether oxygens (including phenoxy) is 3. The van der Waals surface area contributed by atoms with Crippen molar-refractivity contribution in [1.29, 1.82) is 0 Å². The number of rotatable bonds is 12. The molecule has 1 aliphatic heterocycles. The van der Waals surface area contributed by atoms with Gasteiger partial charge < -0.3 is 19.5 Å². The smallest absolute Gasteiger partial charge is 0.339 e. The molecule has 0 spiro atoms. The summed E-state index contributed by atoms with van der Waals surface area (Å²) in [6.07, 6.45) is 1.50. The summed E-state index contributed by atoms with van der Waals surface area (Å²) in [6.45, 7) is 3.41. The number of carbonyl (C=O) groups is 4. The molecule has 228 valence electrons. The number of nitro groups is 1. The van der Waals surface area contributed by atoms with E-state index in [1.54, 1.807) is 44.2 Å². The second kappa shape index (κ2) is 14.5. The molecule has 3 aromatic carbocycles. The molecule has 4 rings (SSSR count). The molecule has 0 radical (unpaired) electrons. The van der Waals surface area contributed by atoms with Gasteiger partial charge in [-0.05, 0) is 73.1 Å². The first-order chi connectivity index (χ1) is 21.1. The lowest BCUT2D eigenvalue weighted by Gasteiger charge is -2.13. The van der Waals surface area contributed by atoms with Crippen molar-refractivity contribution in [2.45, 2.75) is 20.5 Å². The van der Waals surface area contributed by atoms with Crippen molar-refractivity contribution in [3.63, 3.8) is 0 Å². The molecule has 0 atom stereocenters. The molecular formula is C30H26ClN3O9S. The van der Waals surface area contributed by atoms with Crippen LogP contribution in [0.5, 0.6) is 11.5 Å². The second-order valence-corrected chi connectivity index (χ2v) is 10.5. The van der Waals surface area contributed by atoms with E-state index in [9.17, 15) is 29.3 Å². The number of nitrogens with one attached hydrogen (secondary N) is 1. The number of benzene rings is 3. The van der Waals surface area contributed by atoms with Crippen LogP contribution in [0.3, 0.4) is 0 Å². The molecule has 1 aliphatic rings. The van der Waals surface area contributed by atoms with E-state index in [-0.39, 0.29) is 40.1 Å². The lowest BCUT2D eigenvalue weighted by molar-refractivity contribution is -0.384. The van der Waals surface area contributed by atoms with E-state index < -0.39 is 34.5 Å². The molecule has 0 unspecified atom stereocenters. The number of amides is 3. The average molecular weight is 640 g/mol. The van der Waals surface area contributed by atoms with E-state index in [4.69, 9.17) is 25.8 Å². The molecule has 12 nitrogen and oxygen atoms in total. The summed E-state index contributed by atoms with van der Waals surface area (Å²) in [5.74, 6) is -1.21. The Morgan fingerprint density at radius 1 is 1.02 bits per heavy atom. The number of carbonyl (C=O) groups excluding carboxylic acids is 4. The van der Waals surface area contributed by atoms with Gasteiger partial charge in [0.25, 0.3) is 16.8 Å². The van der Waals surface area contributed by atoms with Gasteiger partial charge >= 0.3 is 5.97 Å². The Morgan fingerprint density at radius 2 is 1.82 bits per heavy atom. The maximum atomic E-state index is 13.0. The number of halogens is 1. The molecule has 0 aliphatic carbocycles. The highest BCUT2D eigenvalue weighted by Gasteiger charge is 2.36. The molecule has 1 fully saturated rings. The van der Waals surface area contributed by atoms with Crippen molar-refractivity contribution < 1.29 is 38.3 Å². The molecule has 1 N–H and O–H groups in total. The van der Waals surface area contributed by atoms with E-state index in [1.165, 1.54) is 36.4 Å². The first kappa shape index (κ1) is 32.0. The zero-order chi connectivity index (χ0) is 31.8. The number of anilines is 1. The van der Waals surface area contributed by atoms with Gasteiger partial charge in [-0.3, -0.25) is 29.4 Å². The average Bonchev–Trinajstić information content (AvgIpc) is 3.25. The van der Waals surface area contributed by atoms with Crippen LogP contribution in [0.25, 0.3) is 6.08 Å². The van der Waals surface area contributed by atoms with Gasteiger partial charge in [-0.25, -0.2) is 4.79 Å².